The number of aromatic carboxylic acids is 1. The van der Waals surface area contributed by atoms with E-state index in [4.69, 9.17) is 9.84 Å². The molecule has 82 valence electrons. The lowest BCUT2D eigenvalue weighted by Crippen LogP contribution is -2.07. The highest BCUT2D eigenvalue weighted by Crippen LogP contribution is 2.16. The molecule has 0 unspecified atom stereocenters. The fourth-order valence-electron chi connectivity index (χ4n) is 1.38. The second-order valence-electron chi connectivity index (χ2n) is 3.12. The van der Waals surface area contributed by atoms with Crippen LogP contribution in [-0.2, 0) is 0 Å². The van der Waals surface area contributed by atoms with Gasteiger partial charge in [-0.15, -0.1) is 5.10 Å². The molecule has 0 radical (unpaired) electrons. The van der Waals surface area contributed by atoms with Crippen LogP contribution >= 0.6 is 0 Å². The lowest BCUT2D eigenvalue weighted by Gasteiger charge is -2.02. The molecule has 0 fully saturated rings. The van der Waals surface area contributed by atoms with Gasteiger partial charge in [0.05, 0.1) is 12.8 Å². The molecular weight excluding hydrogens is 208 g/mol. The highest BCUT2D eigenvalue weighted by atomic mass is 16.5. The van der Waals surface area contributed by atoms with E-state index in [0.29, 0.717) is 5.69 Å². The van der Waals surface area contributed by atoms with Crippen LogP contribution in [-0.4, -0.2) is 28.0 Å². The van der Waals surface area contributed by atoms with Crippen molar-refractivity contribution in [3.8, 4) is 11.6 Å². The van der Waals surface area contributed by atoms with Gasteiger partial charge in [0.15, 0.2) is 5.69 Å². The minimum Gasteiger partial charge on any atom is -0.480 e. The molecule has 0 aliphatic rings. The van der Waals surface area contributed by atoms with Crippen molar-refractivity contribution in [2.75, 3.05) is 7.11 Å². The zero-order chi connectivity index (χ0) is 11.5. The molecule has 1 heterocycles. The molecule has 0 aliphatic heterocycles. The van der Waals surface area contributed by atoms with Crippen LogP contribution < -0.4 is 4.74 Å². The molecule has 1 aromatic carbocycles. The van der Waals surface area contributed by atoms with Crippen LogP contribution in [0.4, 0.5) is 0 Å². The summed E-state index contributed by atoms with van der Waals surface area (Å²) >= 11 is 0. The number of ether oxygens (including phenoxy) is 1. The Morgan fingerprint density at radius 1 is 1.38 bits per heavy atom. The number of methoxy groups -OCH3 is 1. The maximum absolute atomic E-state index is 11.0. The topological polar surface area (TPSA) is 64.3 Å². The summed E-state index contributed by atoms with van der Waals surface area (Å²) in [5.41, 5.74) is 0.756. The van der Waals surface area contributed by atoms with Gasteiger partial charge in [-0.25, -0.2) is 9.48 Å². The third kappa shape index (κ3) is 1.75. The Labute approximate surface area is 91.9 Å². The van der Waals surface area contributed by atoms with Gasteiger partial charge in [-0.2, -0.15) is 0 Å². The predicted octanol–water partition coefficient (Wildman–Crippen LogP) is 1.58. The highest BCUT2D eigenvalue weighted by molar-refractivity contribution is 5.86. The van der Waals surface area contributed by atoms with Crippen LogP contribution in [0.3, 0.4) is 0 Å². The average Bonchev–Trinajstić information content (AvgIpc) is 2.74. The monoisotopic (exact) mass is 218 g/mol. The van der Waals surface area contributed by atoms with Gasteiger partial charge in [0.2, 0.25) is 5.88 Å². The molecule has 1 N–H and O–H groups in total. The first-order valence-corrected chi connectivity index (χ1v) is 4.65. The second kappa shape index (κ2) is 4.06. The minimum absolute atomic E-state index is 0.0723. The number of para-hydroxylation sites is 1. The van der Waals surface area contributed by atoms with E-state index in [2.05, 4.69) is 5.10 Å². The summed E-state index contributed by atoms with van der Waals surface area (Å²) in [6, 6.07) is 10.4. The number of rotatable bonds is 3. The summed E-state index contributed by atoms with van der Waals surface area (Å²) < 4.78 is 6.25. The molecule has 0 amide bonds. The smallest absolute Gasteiger partial charge is 0.354 e. The SMILES string of the molecule is COc1cc(C(=O)O)n(-c2ccccc2)n1. The van der Waals surface area contributed by atoms with Crippen molar-refractivity contribution in [1.29, 1.82) is 0 Å². The van der Waals surface area contributed by atoms with E-state index >= 15 is 0 Å². The Kier molecular flexibility index (Phi) is 2.59. The number of hydrogen-bond donors (Lipinski definition) is 1. The summed E-state index contributed by atoms with van der Waals surface area (Å²) in [7, 11) is 1.45. The van der Waals surface area contributed by atoms with Crippen molar-refractivity contribution in [3.63, 3.8) is 0 Å². The van der Waals surface area contributed by atoms with Gasteiger partial charge in [-0.1, -0.05) is 18.2 Å². The number of benzene rings is 1. The molecule has 5 nitrogen and oxygen atoms in total. The predicted molar refractivity (Wildman–Crippen MR) is 57.1 cm³/mol. The minimum atomic E-state index is -1.04. The molecule has 0 saturated heterocycles. The van der Waals surface area contributed by atoms with Crippen molar-refractivity contribution in [1.82, 2.24) is 9.78 Å². The summed E-state index contributed by atoms with van der Waals surface area (Å²) in [6.45, 7) is 0. The third-order valence-electron chi connectivity index (χ3n) is 2.12. The molecule has 0 atom stereocenters. The fraction of sp³-hybridized carbons (Fsp3) is 0.0909. The molecule has 0 spiro atoms. The first-order chi connectivity index (χ1) is 7.72. The van der Waals surface area contributed by atoms with Crippen molar-refractivity contribution >= 4 is 5.97 Å². The largest absolute Gasteiger partial charge is 0.480 e. The van der Waals surface area contributed by atoms with E-state index in [1.165, 1.54) is 17.9 Å². The van der Waals surface area contributed by atoms with Crippen LogP contribution in [0, 0.1) is 0 Å². The van der Waals surface area contributed by atoms with Crippen LogP contribution in [0.15, 0.2) is 36.4 Å². The first-order valence-electron chi connectivity index (χ1n) is 4.65. The van der Waals surface area contributed by atoms with Gasteiger partial charge in [0.25, 0.3) is 0 Å². The second-order valence-corrected chi connectivity index (χ2v) is 3.12. The van der Waals surface area contributed by atoms with Gasteiger partial charge < -0.3 is 9.84 Å². The quantitative estimate of drug-likeness (QED) is 0.849. The molecule has 2 rings (SSSR count). The Hall–Kier alpha value is -2.30. The molecule has 2 aromatic rings. The number of carboxylic acids is 1. The van der Waals surface area contributed by atoms with Gasteiger partial charge in [-0.05, 0) is 12.1 Å². The lowest BCUT2D eigenvalue weighted by molar-refractivity contribution is 0.0687. The standard InChI is InChI=1S/C11H10N2O3/c1-16-10-7-9(11(14)15)13(12-10)8-5-3-2-4-6-8/h2-7H,1H3,(H,14,15). The Morgan fingerprint density at radius 3 is 2.62 bits per heavy atom. The zero-order valence-electron chi connectivity index (χ0n) is 8.62. The van der Waals surface area contributed by atoms with E-state index in [1.807, 2.05) is 18.2 Å². The van der Waals surface area contributed by atoms with Crippen LogP contribution in [0.25, 0.3) is 5.69 Å². The van der Waals surface area contributed by atoms with E-state index in [-0.39, 0.29) is 11.6 Å². The maximum Gasteiger partial charge on any atom is 0.354 e. The molecular formula is C11H10N2O3. The summed E-state index contributed by atoms with van der Waals surface area (Å²) in [4.78, 5) is 11.0. The van der Waals surface area contributed by atoms with Gasteiger partial charge in [0, 0.05) is 6.07 Å². The van der Waals surface area contributed by atoms with E-state index in [9.17, 15) is 4.79 Å². The van der Waals surface area contributed by atoms with E-state index in [1.54, 1.807) is 12.1 Å². The van der Waals surface area contributed by atoms with Crippen molar-refractivity contribution in [2.24, 2.45) is 0 Å². The van der Waals surface area contributed by atoms with Crippen molar-refractivity contribution < 1.29 is 14.6 Å². The normalized spacial score (nSPS) is 10.1. The Bertz CT molecular complexity index is 505. The fourth-order valence-corrected chi connectivity index (χ4v) is 1.38. The molecule has 5 heteroatoms. The molecule has 16 heavy (non-hydrogen) atoms. The first kappa shape index (κ1) is 10.2. The van der Waals surface area contributed by atoms with Crippen LogP contribution in [0.1, 0.15) is 10.5 Å². The lowest BCUT2D eigenvalue weighted by atomic mass is 10.3. The summed E-state index contributed by atoms with van der Waals surface area (Å²) in [6.07, 6.45) is 0. The summed E-state index contributed by atoms with van der Waals surface area (Å²) in [5, 5.41) is 13.1. The third-order valence-corrected chi connectivity index (χ3v) is 2.12. The molecule has 0 bridgehead atoms. The maximum atomic E-state index is 11.0. The molecule has 0 saturated carbocycles. The molecule has 0 aliphatic carbocycles. The summed E-state index contributed by atoms with van der Waals surface area (Å²) in [5.74, 6) is -0.763. The van der Waals surface area contributed by atoms with E-state index < -0.39 is 5.97 Å². The zero-order valence-corrected chi connectivity index (χ0v) is 8.62. The number of aromatic nitrogens is 2. The van der Waals surface area contributed by atoms with Gasteiger partial charge in [-0.3, -0.25) is 0 Å². The van der Waals surface area contributed by atoms with Crippen molar-refractivity contribution in [2.45, 2.75) is 0 Å². The number of carboxylic acid groups (broad SMARTS) is 1. The Morgan fingerprint density at radius 2 is 2.06 bits per heavy atom. The van der Waals surface area contributed by atoms with Gasteiger partial charge in [0.1, 0.15) is 0 Å². The average molecular weight is 218 g/mol. The van der Waals surface area contributed by atoms with Crippen molar-refractivity contribution in [3.05, 3.63) is 42.1 Å². The van der Waals surface area contributed by atoms with Crippen LogP contribution in [0.2, 0.25) is 0 Å². The number of carbonyl (C=O) groups is 1. The Balaban J connectivity index is 2.55. The molecule has 1 aromatic heterocycles. The number of hydrogen-bond acceptors (Lipinski definition) is 3. The highest BCUT2D eigenvalue weighted by Gasteiger charge is 2.15. The van der Waals surface area contributed by atoms with Crippen LogP contribution in [0.5, 0.6) is 5.88 Å². The van der Waals surface area contributed by atoms with Gasteiger partial charge >= 0.3 is 5.97 Å². The number of nitrogens with zero attached hydrogens (tertiary/aromatic N) is 2. The van der Waals surface area contributed by atoms with E-state index in [0.717, 1.165) is 0 Å².